The van der Waals surface area contributed by atoms with Gasteiger partial charge in [0.15, 0.2) is 0 Å². The number of nitrogens with one attached hydrogen (secondary N) is 1. The third kappa shape index (κ3) is 2.97. The molecule has 1 N–H and O–H groups in total. The molecule has 0 atom stereocenters. The van der Waals surface area contributed by atoms with E-state index < -0.39 is 0 Å². The van der Waals surface area contributed by atoms with E-state index in [0.717, 1.165) is 17.7 Å². The van der Waals surface area contributed by atoms with Crippen molar-refractivity contribution in [3.05, 3.63) is 53.6 Å². The van der Waals surface area contributed by atoms with Gasteiger partial charge < -0.3 is 15.0 Å². The molecular weight excluding hydrogens is 304 g/mol. The average Bonchev–Trinajstić information content (AvgIpc) is 3.04. The summed E-state index contributed by atoms with van der Waals surface area (Å²) in [6.45, 7) is 2.54. The topological polar surface area (TPSA) is 58.6 Å². The average molecular weight is 324 g/mol. The van der Waals surface area contributed by atoms with Gasteiger partial charge in [-0.3, -0.25) is 9.59 Å². The standard InChI is InChI=1S/C19H20N2O3/c1-3-18(22)21-11-10-13-12-14(8-9-16(13)21)19(23)20-15-6-4-5-7-17(15)24-2/h4-9,12H,3,10-11H2,1-2H3,(H,20,23). The first-order valence-corrected chi connectivity index (χ1v) is 8.01. The lowest BCUT2D eigenvalue weighted by Crippen LogP contribution is -2.27. The first-order chi connectivity index (χ1) is 11.6. The van der Waals surface area contributed by atoms with Crippen LogP contribution in [0.1, 0.15) is 29.3 Å². The van der Waals surface area contributed by atoms with Crippen LogP contribution in [0.25, 0.3) is 0 Å². The Labute approximate surface area is 141 Å². The fourth-order valence-electron chi connectivity index (χ4n) is 2.94. The highest BCUT2D eigenvalue weighted by molar-refractivity contribution is 6.06. The summed E-state index contributed by atoms with van der Waals surface area (Å²) < 4.78 is 5.25. The Morgan fingerprint density at radius 1 is 1.21 bits per heavy atom. The molecule has 0 unspecified atom stereocenters. The van der Waals surface area contributed by atoms with Gasteiger partial charge in [0, 0.05) is 24.2 Å². The number of carbonyl (C=O) groups is 2. The minimum absolute atomic E-state index is 0.111. The van der Waals surface area contributed by atoms with Crippen molar-refractivity contribution >= 4 is 23.2 Å². The molecule has 5 heteroatoms. The SMILES string of the molecule is CCC(=O)N1CCc2cc(C(=O)Nc3ccccc3OC)ccc21. The van der Waals surface area contributed by atoms with Crippen LogP contribution >= 0.6 is 0 Å². The van der Waals surface area contributed by atoms with E-state index in [1.54, 1.807) is 30.2 Å². The summed E-state index contributed by atoms with van der Waals surface area (Å²) in [5.74, 6) is 0.536. The van der Waals surface area contributed by atoms with Crippen LogP contribution in [0.5, 0.6) is 5.75 Å². The third-order valence-electron chi connectivity index (χ3n) is 4.20. The van der Waals surface area contributed by atoms with Crippen molar-refractivity contribution in [3.63, 3.8) is 0 Å². The fourth-order valence-corrected chi connectivity index (χ4v) is 2.94. The van der Waals surface area contributed by atoms with Crippen LogP contribution in [0.15, 0.2) is 42.5 Å². The zero-order chi connectivity index (χ0) is 17.1. The molecule has 0 saturated heterocycles. The van der Waals surface area contributed by atoms with E-state index in [4.69, 9.17) is 4.74 Å². The molecule has 24 heavy (non-hydrogen) atoms. The van der Waals surface area contributed by atoms with Crippen molar-refractivity contribution < 1.29 is 14.3 Å². The van der Waals surface area contributed by atoms with Crippen LogP contribution in [0.4, 0.5) is 11.4 Å². The van der Waals surface area contributed by atoms with Crippen molar-refractivity contribution in [2.75, 3.05) is 23.9 Å². The Hall–Kier alpha value is -2.82. The van der Waals surface area contributed by atoms with Crippen LogP contribution in [0.2, 0.25) is 0 Å². The van der Waals surface area contributed by atoms with Gasteiger partial charge in [0.05, 0.1) is 12.8 Å². The quantitative estimate of drug-likeness (QED) is 0.939. The molecule has 3 rings (SSSR count). The van der Waals surface area contributed by atoms with Crippen molar-refractivity contribution in [2.45, 2.75) is 19.8 Å². The molecule has 1 heterocycles. The number of ether oxygens (including phenoxy) is 1. The van der Waals surface area contributed by atoms with Gasteiger partial charge in [-0.15, -0.1) is 0 Å². The van der Waals surface area contributed by atoms with Gasteiger partial charge in [-0.25, -0.2) is 0 Å². The van der Waals surface area contributed by atoms with Gasteiger partial charge >= 0.3 is 0 Å². The first kappa shape index (κ1) is 16.1. The van der Waals surface area contributed by atoms with Gasteiger partial charge in [0.2, 0.25) is 5.91 Å². The molecule has 0 bridgehead atoms. The molecule has 2 aromatic rings. The Bertz CT molecular complexity index is 786. The fraction of sp³-hybridized carbons (Fsp3) is 0.263. The highest BCUT2D eigenvalue weighted by Gasteiger charge is 2.24. The van der Waals surface area contributed by atoms with E-state index in [1.165, 1.54) is 0 Å². The summed E-state index contributed by atoms with van der Waals surface area (Å²) in [4.78, 5) is 26.2. The Morgan fingerprint density at radius 3 is 2.75 bits per heavy atom. The lowest BCUT2D eigenvalue weighted by molar-refractivity contribution is -0.118. The van der Waals surface area contributed by atoms with Gasteiger partial charge in [-0.2, -0.15) is 0 Å². The molecule has 0 aliphatic carbocycles. The van der Waals surface area contributed by atoms with Crippen LogP contribution in [-0.2, 0) is 11.2 Å². The summed E-state index contributed by atoms with van der Waals surface area (Å²) in [5.41, 5.74) is 3.15. The monoisotopic (exact) mass is 324 g/mol. The number of fused-ring (bicyclic) bond motifs is 1. The van der Waals surface area contributed by atoms with E-state index in [2.05, 4.69) is 5.32 Å². The molecule has 124 valence electrons. The second kappa shape index (κ2) is 6.74. The van der Waals surface area contributed by atoms with Gasteiger partial charge in [-0.1, -0.05) is 19.1 Å². The van der Waals surface area contributed by atoms with E-state index >= 15 is 0 Å². The molecular formula is C19H20N2O3. The normalized spacial score (nSPS) is 12.7. The third-order valence-corrected chi connectivity index (χ3v) is 4.20. The molecule has 0 aromatic heterocycles. The maximum atomic E-state index is 12.5. The van der Waals surface area contributed by atoms with Crippen molar-refractivity contribution in [1.29, 1.82) is 0 Å². The molecule has 2 amide bonds. The summed E-state index contributed by atoms with van der Waals surface area (Å²) in [6, 6.07) is 12.8. The zero-order valence-corrected chi connectivity index (χ0v) is 13.8. The second-order valence-electron chi connectivity index (χ2n) is 5.65. The number of rotatable bonds is 4. The number of benzene rings is 2. The van der Waals surface area contributed by atoms with Gasteiger partial charge in [0.1, 0.15) is 5.75 Å². The maximum Gasteiger partial charge on any atom is 0.255 e. The lowest BCUT2D eigenvalue weighted by Gasteiger charge is -2.16. The highest BCUT2D eigenvalue weighted by atomic mass is 16.5. The summed E-state index contributed by atoms with van der Waals surface area (Å²) >= 11 is 0. The number of hydrogen-bond acceptors (Lipinski definition) is 3. The Morgan fingerprint density at radius 2 is 2.00 bits per heavy atom. The Kier molecular flexibility index (Phi) is 4.51. The smallest absolute Gasteiger partial charge is 0.255 e. The number of methoxy groups -OCH3 is 1. The van der Waals surface area contributed by atoms with Crippen LogP contribution < -0.4 is 15.0 Å². The van der Waals surface area contributed by atoms with Crippen LogP contribution in [0, 0.1) is 0 Å². The largest absolute Gasteiger partial charge is 0.495 e. The summed E-state index contributed by atoms with van der Waals surface area (Å²) in [6.07, 6.45) is 1.26. The molecule has 5 nitrogen and oxygen atoms in total. The van der Waals surface area contributed by atoms with E-state index in [9.17, 15) is 9.59 Å². The van der Waals surface area contributed by atoms with E-state index in [-0.39, 0.29) is 11.8 Å². The molecule has 0 spiro atoms. The van der Waals surface area contributed by atoms with Crippen LogP contribution in [-0.4, -0.2) is 25.5 Å². The van der Waals surface area contributed by atoms with Gasteiger partial charge in [-0.05, 0) is 42.3 Å². The number of carbonyl (C=O) groups excluding carboxylic acids is 2. The zero-order valence-electron chi connectivity index (χ0n) is 13.8. The predicted octanol–water partition coefficient (Wildman–Crippen LogP) is 3.25. The molecule has 1 aliphatic heterocycles. The molecule has 2 aromatic carbocycles. The molecule has 0 radical (unpaired) electrons. The predicted molar refractivity (Wildman–Crippen MR) is 93.7 cm³/mol. The molecule has 0 saturated carbocycles. The summed E-state index contributed by atoms with van der Waals surface area (Å²) in [5, 5.41) is 2.87. The highest BCUT2D eigenvalue weighted by Crippen LogP contribution is 2.30. The lowest BCUT2D eigenvalue weighted by atomic mass is 10.1. The van der Waals surface area contributed by atoms with Crippen molar-refractivity contribution in [3.8, 4) is 5.75 Å². The Balaban J connectivity index is 1.81. The van der Waals surface area contributed by atoms with Gasteiger partial charge in [0.25, 0.3) is 5.91 Å². The second-order valence-corrected chi connectivity index (χ2v) is 5.65. The number of amides is 2. The van der Waals surface area contributed by atoms with Crippen molar-refractivity contribution in [2.24, 2.45) is 0 Å². The maximum absolute atomic E-state index is 12.5. The number of nitrogens with zero attached hydrogens (tertiary/aromatic N) is 1. The number of hydrogen-bond donors (Lipinski definition) is 1. The minimum atomic E-state index is -0.192. The van der Waals surface area contributed by atoms with E-state index in [0.29, 0.717) is 30.0 Å². The van der Waals surface area contributed by atoms with Crippen LogP contribution in [0.3, 0.4) is 0 Å². The van der Waals surface area contributed by atoms with E-state index in [1.807, 2.05) is 31.2 Å². The number of anilines is 2. The molecule has 0 fully saturated rings. The van der Waals surface area contributed by atoms with Crippen molar-refractivity contribution in [1.82, 2.24) is 0 Å². The molecule has 1 aliphatic rings. The first-order valence-electron chi connectivity index (χ1n) is 8.01. The number of para-hydroxylation sites is 2. The summed E-state index contributed by atoms with van der Waals surface area (Å²) in [7, 11) is 1.57. The minimum Gasteiger partial charge on any atom is -0.495 e.